The van der Waals surface area contributed by atoms with E-state index in [0.717, 1.165) is 34.1 Å². The molecule has 0 saturated heterocycles. The summed E-state index contributed by atoms with van der Waals surface area (Å²) in [5.41, 5.74) is 9.17. The Morgan fingerprint density at radius 2 is 1.81 bits per heavy atom. The summed E-state index contributed by atoms with van der Waals surface area (Å²) in [6.07, 6.45) is 3.00. The third-order valence-corrected chi connectivity index (χ3v) is 4.24. The molecule has 108 valence electrons. The molecule has 0 fully saturated rings. The number of fused-ring (bicyclic) bond motifs is 1. The fourth-order valence-corrected chi connectivity index (χ4v) is 3.00. The number of benzene rings is 2. The van der Waals surface area contributed by atoms with Crippen molar-refractivity contribution in [1.29, 1.82) is 0 Å². The van der Waals surface area contributed by atoms with Gasteiger partial charge in [-0.15, -0.1) is 0 Å². The topological polar surface area (TPSA) is 30.9 Å². The van der Waals surface area contributed by atoms with Crippen LogP contribution in [0.25, 0.3) is 10.9 Å². The molecule has 0 amide bonds. The predicted molar refractivity (Wildman–Crippen MR) is 90.3 cm³/mol. The molecule has 0 spiro atoms. The Kier molecular flexibility index (Phi) is 4.20. The third kappa shape index (κ3) is 2.93. The lowest BCUT2D eigenvalue weighted by Crippen LogP contribution is -2.02. The van der Waals surface area contributed by atoms with E-state index in [2.05, 4.69) is 16.8 Å². The molecule has 2 nitrogen and oxygen atoms in total. The van der Waals surface area contributed by atoms with Crippen LogP contribution in [0.15, 0.2) is 48.7 Å². The van der Waals surface area contributed by atoms with Gasteiger partial charge in [0.15, 0.2) is 0 Å². The average molecular weight is 319 g/mol. The van der Waals surface area contributed by atoms with Gasteiger partial charge in [-0.2, -0.15) is 0 Å². The monoisotopic (exact) mass is 318 g/mol. The molecule has 21 heavy (non-hydrogen) atoms. The Morgan fingerprint density at radius 1 is 1.00 bits per heavy atom. The zero-order valence-corrected chi connectivity index (χ0v) is 13.0. The highest BCUT2D eigenvalue weighted by Crippen LogP contribution is 2.27. The summed E-state index contributed by atoms with van der Waals surface area (Å²) in [4.78, 5) is 0. The number of hydrogen-bond acceptors (Lipinski definition) is 1. The van der Waals surface area contributed by atoms with E-state index >= 15 is 0 Å². The van der Waals surface area contributed by atoms with Crippen molar-refractivity contribution in [3.05, 3.63) is 69.8 Å². The summed E-state index contributed by atoms with van der Waals surface area (Å²) in [5, 5.41) is 2.72. The maximum atomic E-state index is 6.27. The molecular weight excluding hydrogens is 303 g/mol. The van der Waals surface area contributed by atoms with Gasteiger partial charge in [0.05, 0.1) is 5.52 Å². The van der Waals surface area contributed by atoms with Crippen LogP contribution < -0.4 is 5.73 Å². The molecular formula is C17H16Cl2N2. The minimum absolute atomic E-state index is 0.633. The number of halogens is 2. The van der Waals surface area contributed by atoms with E-state index in [0.29, 0.717) is 6.54 Å². The minimum Gasteiger partial charge on any atom is -0.343 e. The molecule has 0 aliphatic heterocycles. The van der Waals surface area contributed by atoms with Gasteiger partial charge < -0.3 is 10.3 Å². The van der Waals surface area contributed by atoms with Gasteiger partial charge in [0, 0.05) is 28.2 Å². The molecule has 3 aromatic rings. The zero-order chi connectivity index (χ0) is 14.8. The van der Waals surface area contributed by atoms with Crippen LogP contribution >= 0.6 is 23.2 Å². The summed E-state index contributed by atoms with van der Waals surface area (Å²) in [6, 6.07) is 13.9. The van der Waals surface area contributed by atoms with Crippen molar-refractivity contribution in [2.45, 2.75) is 13.0 Å². The molecule has 2 N–H and O–H groups in total. The number of nitrogens with zero attached hydrogens (tertiary/aromatic N) is 1. The summed E-state index contributed by atoms with van der Waals surface area (Å²) >= 11 is 12.4. The number of rotatable bonds is 4. The van der Waals surface area contributed by atoms with E-state index in [1.165, 1.54) is 10.9 Å². The molecule has 4 heteroatoms. The second kappa shape index (κ2) is 6.10. The van der Waals surface area contributed by atoms with Crippen LogP contribution in [-0.2, 0) is 13.0 Å². The summed E-state index contributed by atoms with van der Waals surface area (Å²) in [5.74, 6) is 0. The van der Waals surface area contributed by atoms with Gasteiger partial charge in [-0.1, -0.05) is 47.5 Å². The van der Waals surface area contributed by atoms with Crippen LogP contribution in [0.5, 0.6) is 0 Å². The van der Waals surface area contributed by atoms with E-state index in [4.69, 9.17) is 28.9 Å². The molecule has 0 radical (unpaired) electrons. The second-order valence-electron chi connectivity index (χ2n) is 5.07. The van der Waals surface area contributed by atoms with Crippen LogP contribution in [0.2, 0.25) is 10.0 Å². The summed E-state index contributed by atoms with van der Waals surface area (Å²) in [7, 11) is 0. The maximum absolute atomic E-state index is 6.27. The van der Waals surface area contributed by atoms with E-state index in [-0.39, 0.29) is 0 Å². The zero-order valence-electron chi connectivity index (χ0n) is 11.5. The average Bonchev–Trinajstić information content (AvgIpc) is 2.79. The smallest absolute Gasteiger partial charge is 0.0501 e. The quantitative estimate of drug-likeness (QED) is 0.754. The first-order valence-corrected chi connectivity index (χ1v) is 7.65. The third-order valence-electron chi connectivity index (χ3n) is 3.64. The van der Waals surface area contributed by atoms with Crippen LogP contribution in [0.3, 0.4) is 0 Å². The molecule has 0 aliphatic rings. The van der Waals surface area contributed by atoms with Crippen molar-refractivity contribution >= 4 is 34.1 Å². The summed E-state index contributed by atoms with van der Waals surface area (Å²) < 4.78 is 2.19. The highest BCUT2D eigenvalue weighted by molar-refractivity contribution is 6.31. The number of nitrogens with two attached hydrogens (primary N) is 1. The molecule has 1 aromatic heterocycles. The number of hydrogen-bond donors (Lipinski definition) is 1. The molecule has 0 bridgehead atoms. The van der Waals surface area contributed by atoms with E-state index in [1.807, 2.05) is 36.4 Å². The van der Waals surface area contributed by atoms with E-state index in [1.54, 1.807) is 0 Å². The van der Waals surface area contributed by atoms with Gasteiger partial charge in [0.2, 0.25) is 0 Å². The lowest BCUT2D eigenvalue weighted by molar-refractivity contribution is 0.827. The summed E-state index contributed by atoms with van der Waals surface area (Å²) in [6.45, 7) is 1.36. The van der Waals surface area contributed by atoms with Gasteiger partial charge in [-0.3, -0.25) is 0 Å². The lowest BCUT2D eigenvalue weighted by atomic mass is 10.1. The fourth-order valence-electron chi connectivity index (χ4n) is 2.64. The minimum atomic E-state index is 0.633. The highest BCUT2D eigenvalue weighted by Gasteiger charge is 2.10. The highest BCUT2D eigenvalue weighted by atomic mass is 35.5. The van der Waals surface area contributed by atoms with Crippen molar-refractivity contribution in [3.8, 4) is 0 Å². The van der Waals surface area contributed by atoms with Crippen molar-refractivity contribution < 1.29 is 0 Å². The molecule has 0 atom stereocenters. The van der Waals surface area contributed by atoms with Crippen molar-refractivity contribution in [2.75, 3.05) is 6.54 Å². The van der Waals surface area contributed by atoms with Crippen molar-refractivity contribution in [3.63, 3.8) is 0 Å². The second-order valence-corrected chi connectivity index (χ2v) is 5.92. The number of aromatic nitrogens is 1. The molecule has 1 heterocycles. The first-order valence-electron chi connectivity index (χ1n) is 6.90. The van der Waals surface area contributed by atoms with E-state index in [9.17, 15) is 0 Å². The Hall–Kier alpha value is -1.48. The Bertz CT molecular complexity index is 778. The molecule has 0 unspecified atom stereocenters. The van der Waals surface area contributed by atoms with Crippen LogP contribution in [0, 0.1) is 0 Å². The SMILES string of the molecule is NCCc1cn(Cc2ccccc2Cl)c2cc(Cl)ccc12. The molecule has 2 aromatic carbocycles. The molecule has 0 saturated carbocycles. The van der Waals surface area contributed by atoms with Gasteiger partial charge >= 0.3 is 0 Å². The molecule has 0 aliphatic carbocycles. The van der Waals surface area contributed by atoms with Crippen molar-refractivity contribution in [2.24, 2.45) is 5.73 Å². The first-order chi connectivity index (χ1) is 10.2. The van der Waals surface area contributed by atoms with Gasteiger partial charge in [0.1, 0.15) is 0 Å². The van der Waals surface area contributed by atoms with E-state index < -0.39 is 0 Å². The van der Waals surface area contributed by atoms with Crippen LogP contribution in [0.4, 0.5) is 0 Å². The predicted octanol–water partition coefficient (Wildman–Crippen LogP) is 4.50. The van der Waals surface area contributed by atoms with Crippen molar-refractivity contribution in [1.82, 2.24) is 4.57 Å². The maximum Gasteiger partial charge on any atom is 0.0501 e. The Morgan fingerprint density at radius 3 is 2.57 bits per heavy atom. The lowest BCUT2D eigenvalue weighted by Gasteiger charge is -2.07. The van der Waals surface area contributed by atoms with Crippen LogP contribution in [0.1, 0.15) is 11.1 Å². The largest absolute Gasteiger partial charge is 0.343 e. The van der Waals surface area contributed by atoms with Gasteiger partial charge in [0.25, 0.3) is 0 Å². The Balaban J connectivity index is 2.09. The van der Waals surface area contributed by atoms with Crippen LogP contribution in [-0.4, -0.2) is 11.1 Å². The van der Waals surface area contributed by atoms with Gasteiger partial charge in [-0.05, 0) is 42.3 Å². The fraction of sp³-hybridized carbons (Fsp3) is 0.176. The normalized spacial score (nSPS) is 11.2. The molecule has 3 rings (SSSR count). The Labute approximate surface area is 134 Å². The van der Waals surface area contributed by atoms with Gasteiger partial charge in [-0.25, -0.2) is 0 Å². The standard InChI is InChI=1S/C17H16Cl2N2/c18-14-5-6-15-12(7-8-20)10-21(17(15)9-14)11-13-3-1-2-4-16(13)19/h1-6,9-10H,7-8,11,20H2. The first kappa shape index (κ1) is 14.5.